The molecule has 1 saturated heterocycles. The third-order valence-corrected chi connectivity index (χ3v) is 4.59. The first kappa shape index (κ1) is 14.1. The molecule has 112 valence electrons. The number of amides is 1. The molecular formula is C16H20N2O3. The summed E-state index contributed by atoms with van der Waals surface area (Å²) in [5, 5.41) is 12.6. The van der Waals surface area contributed by atoms with Crippen LogP contribution in [-0.2, 0) is 11.2 Å². The summed E-state index contributed by atoms with van der Waals surface area (Å²) < 4.78 is 0. The van der Waals surface area contributed by atoms with E-state index in [-0.39, 0.29) is 17.9 Å². The molecule has 3 rings (SSSR count). The van der Waals surface area contributed by atoms with Crippen LogP contribution in [0.3, 0.4) is 0 Å². The molecule has 1 aromatic rings. The Balaban J connectivity index is 1.95. The van der Waals surface area contributed by atoms with E-state index in [1.807, 2.05) is 13.0 Å². The summed E-state index contributed by atoms with van der Waals surface area (Å²) >= 11 is 0. The van der Waals surface area contributed by atoms with Crippen molar-refractivity contribution in [3.63, 3.8) is 0 Å². The molecule has 5 nitrogen and oxygen atoms in total. The molecule has 0 spiro atoms. The van der Waals surface area contributed by atoms with E-state index in [0.717, 1.165) is 37.1 Å². The van der Waals surface area contributed by atoms with Crippen LogP contribution in [0.1, 0.15) is 35.7 Å². The van der Waals surface area contributed by atoms with Crippen molar-refractivity contribution in [3.05, 3.63) is 29.3 Å². The Labute approximate surface area is 123 Å². The van der Waals surface area contributed by atoms with Crippen molar-refractivity contribution in [2.24, 2.45) is 5.92 Å². The van der Waals surface area contributed by atoms with Crippen molar-refractivity contribution < 1.29 is 14.7 Å². The van der Waals surface area contributed by atoms with Crippen molar-refractivity contribution in [2.45, 2.75) is 32.2 Å². The minimum absolute atomic E-state index is 0.00978. The monoisotopic (exact) mass is 288 g/mol. The molecule has 5 heteroatoms. The van der Waals surface area contributed by atoms with Gasteiger partial charge in [-0.3, -0.25) is 4.79 Å². The zero-order valence-corrected chi connectivity index (χ0v) is 12.1. The summed E-state index contributed by atoms with van der Waals surface area (Å²) in [7, 11) is 0. The second-order valence-corrected chi connectivity index (χ2v) is 5.84. The Morgan fingerprint density at radius 2 is 2.19 bits per heavy atom. The number of carbonyl (C=O) groups excluding carboxylic acids is 1. The summed E-state index contributed by atoms with van der Waals surface area (Å²) in [6, 6.07) is 5.40. The van der Waals surface area contributed by atoms with Gasteiger partial charge in [-0.2, -0.15) is 0 Å². The van der Waals surface area contributed by atoms with Crippen LogP contribution in [0.4, 0.5) is 5.69 Å². The molecule has 21 heavy (non-hydrogen) atoms. The molecule has 1 fully saturated rings. The van der Waals surface area contributed by atoms with Crippen molar-refractivity contribution in [2.75, 3.05) is 18.0 Å². The van der Waals surface area contributed by atoms with E-state index in [1.165, 1.54) is 0 Å². The molecule has 2 aliphatic heterocycles. The Kier molecular flexibility index (Phi) is 3.68. The number of hydrogen-bond acceptors (Lipinski definition) is 3. The van der Waals surface area contributed by atoms with Gasteiger partial charge in [-0.15, -0.1) is 0 Å². The van der Waals surface area contributed by atoms with E-state index in [0.29, 0.717) is 12.1 Å². The lowest BCUT2D eigenvalue weighted by Crippen LogP contribution is -2.43. The first-order valence-corrected chi connectivity index (χ1v) is 7.49. The van der Waals surface area contributed by atoms with Gasteiger partial charge in [0.05, 0.1) is 11.5 Å². The maximum atomic E-state index is 12.8. The molecule has 0 aromatic heterocycles. The lowest BCUT2D eigenvalue weighted by molar-refractivity contribution is -0.122. The smallest absolute Gasteiger partial charge is 0.336 e. The van der Waals surface area contributed by atoms with Gasteiger partial charge in [0.15, 0.2) is 0 Å². The second-order valence-electron chi connectivity index (χ2n) is 5.84. The topological polar surface area (TPSA) is 69.6 Å². The van der Waals surface area contributed by atoms with Gasteiger partial charge in [0.2, 0.25) is 5.91 Å². The number of carboxylic acids is 1. The molecule has 2 heterocycles. The van der Waals surface area contributed by atoms with E-state index >= 15 is 0 Å². The highest BCUT2D eigenvalue weighted by atomic mass is 16.4. The summed E-state index contributed by atoms with van der Waals surface area (Å²) in [5.74, 6) is -0.808. The molecule has 0 radical (unpaired) electrons. The fraction of sp³-hybridized carbons (Fsp3) is 0.500. The van der Waals surface area contributed by atoms with Gasteiger partial charge in [-0.25, -0.2) is 4.79 Å². The Morgan fingerprint density at radius 3 is 2.86 bits per heavy atom. The molecule has 2 unspecified atom stereocenters. The van der Waals surface area contributed by atoms with Gasteiger partial charge in [0.25, 0.3) is 0 Å². The number of carbonyl (C=O) groups is 2. The summed E-state index contributed by atoms with van der Waals surface area (Å²) in [5.41, 5.74) is 1.90. The zero-order valence-electron chi connectivity index (χ0n) is 12.1. The van der Waals surface area contributed by atoms with Crippen LogP contribution < -0.4 is 10.2 Å². The predicted molar refractivity (Wildman–Crippen MR) is 79.6 cm³/mol. The van der Waals surface area contributed by atoms with Gasteiger partial charge in [-0.05, 0) is 50.4 Å². The normalized spacial score (nSPS) is 24.7. The summed E-state index contributed by atoms with van der Waals surface area (Å²) in [6.45, 7) is 3.58. The predicted octanol–water partition coefficient (Wildman–Crippen LogP) is 1.66. The van der Waals surface area contributed by atoms with Crippen LogP contribution in [-0.4, -0.2) is 36.1 Å². The van der Waals surface area contributed by atoms with E-state index in [4.69, 9.17) is 0 Å². The van der Waals surface area contributed by atoms with Crippen LogP contribution in [0.2, 0.25) is 0 Å². The Morgan fingerprint density at radius 1 is 1.38 bits per heavy atom. The highest BCUT2D eigenvalue weighted by molar-refractivity contribution is 5.99. The molecule has 0 aliphatic carbocycles. The highest BCUT2D eigenvalue weighted by Gasteiger charge is 2.35. The standard InChI is InChI=1S/C16H20N2O3/c1-10-11(7-8-17-10)15(19)18-9-3-5-12-13(16(20)21)4-2-6-14(12)18/h2,4,6,10-11,17H,3,5,7-9H2,1H3,(H,20,21). The van der Waals surface area contributed by atoms with Gasteiger partial charge >= 0.3 is 5.97 Å². The third-order valence-electron chi connectivity index (χ3n) is 4.59. The quantitative estimate of drug-likeness (QED) is 0.868. The van der Waals surface area contributed by atoms with Crippen LogP contribution in [0.15, 0.2) is 18.2 Å². The number of hydrogen-bond donors (Lipinski definition) is 2. The van der Waals surface area contributed by atoms with Crippen molar-refractivity contribution in [1.82, 2.24) is 5.32 Å². The number of aromatic carboxylic acids is 1. The molecule has 2 N–H and O–H groups in total. The zero-order chi connectivity index (χ0) is 15.0. The van der Waals surface area contributed by atoms with E-state index in [9.17, 15) is 14.7 Å². The van der Waals surface area contributed by atoms with Crippen molar-refractivity contribution in [3.8, 4) is 0 Å². The molecular weight excluding hydrogens is 268 g/mol. The maximum absolute atomic E-state index is 12.8. The third kappa shape index (κ3) is 2.42. The van der Waals surface area contributed by atoms with Gasteiger partial charge in [-0.1, -0.05) is 6.07 Å². The lowest BCUT2D eigenvalue weighted by Gasteiger charge is -2.33. The van der Waals surface area contributed by atoms with Crippen LogP contribution in [0.5, 0.6) is 0 Å². The minimum atomic E-state index is -0.919. The van der Waals surface area contributed by atoms with E-state index < -0.39 is 5.97 Å². The van der Waals surface area contributed by atoms with Crippen molar-refractivity contribution >= 4 is 17.6 Å². The number of benzene rings is 1. The van der Waals surface area contributed by atoms with Gasteiger partial charge in [0.1, 0.15) is 0 Å². The number of nitrogens with one attached hydrogen (secondary N) is 1. The largest absolute Gasteiger partial charge is 0.478 e. The molecule has 0 bridgehead atoms. The fourth-order valence-corrected chi connectivity index (χ4v) is 3.45. The average Bonchev–Trinajstić information content (AvgIpc) is 2.91. The van der Waals surface area contributed by atoms with Gasteiger partial charge < -0.3 is 15.3 Å². The molecule has 2 aliphatic rings. The highest BCUT2D eigenvalue weighted by Crippen LogP contribution is 2.32. The molecule has 0 saturated carbocycles. The second kappa shape index (κ2) is 5.48. The van der Waals surface area contributed by atoms with E-state index in [2.05, 4.69) is 5.32 Å². The van der Waals surface area contributed by atoms with E-state index in [1.54, 1.807) is 17.0 Å². The molecule has 1 amide bonds. The lowest BCUT2D eigenvalue weighted by atomic mass is 9.93. The Hall–Kier alpha value is -1.88. The summed E-state index contributed by atoms with van der Waals surface area (Å²) in [6.07, 6.45) is 2.39. The summed E-state index contributed by atoms with van der Waals surface area (Å²) in [4.78, 5) is 25.9. The number of anilines is 1. The number of nitrogens with zero attached hydrogens (tertiary/aromatic N) is 1. The number of carboxylic acid groups (broad SMARTS) is 1. The average molecular weight is 288 g/mol. The SMILES string of the molecule is CC1NCCC1C(=O)N1CCCc2c(C(=O)O)cccc21. The van der Waals surface area contributed by atoms with Crippen LogP contribution in [0, 0.1) is 5.92 Å². The first-order chi connectivity index (χ1) is 10.1. The number of rotatable bonds is 2. The maximum Gasteiger partial charge on any atom is 0.336 e. The first-order valence-electron chi connectivity index (χ1n) is 7.49. The minimum Gasteiger partial charge on any atom is -0.478 e. The Bertz CT molecular complexity index is 585. The number of fused-ring (bicyclic) bond motifs is 1. The molecule has 2 atom stereocenters. The van der Waals surface area contributed by atoms with Crippen LogP contribution >= 0.6 is 0 Å². The van der Waals surface area contributed by atoms with Crippen molar-refractivity contribution in [1.29, 1.82) is 0 Å². The van der Waals surface area contributed by atoms with Crippen LogP contribution in [0.25, 0.3) is 0 Å². The fourth-order valence-electron chi connectivity index (χ4n) is 3.45. The van der Waals surface area contributed by atoms with Gasteiger partial charge in [0, 0.05) is 18.3 Å². The molecule has 1 aromatic carbocycles.